The van der Waals surface area contributed by atoms with E-state index in [1.807, 2.05) is 0 Å². The number of benzene rings is 2. The number of morpholine rings is 1. The number of halogens is 1. The number of amidine groups is 1. The fourth-order valence-corrected chi connectivity index (χ4v) is 3.50. The molecule has 0 amide bonds. The molecule has 5 nitrogen and oxygen atoms in total. The van der Waals surface area contributed by atoms with Crippen molar-refractivity contribution in [1.29, 1.82) is 0 Å². The van der Waals surface area contributed by atoms with E-state index in [9.17, 15) is 12.8 Å². The Hall–Kier alpha value is -2.25. The van der Waals surface area contributed by atoms with Crippen LogP contribution < -0.4 is 0 Å². The first kappa shape index (κ1) is 16.6. The zero-order valence-corrected chi connectivity index (χ0v) is 13.7. The number of nitrogens with zero attached hydrogens (tertiary/aromatic N) is 2. The van der Waals surface area contributed by atoms with Crippen LogP contribution in [-0.2, 0) is 14.8 Å². The molecule has 3 rings (SSSR count). The van der Waals surface area contributed by atoms with Crippen LogP contribution in [0.1, 0.15) is 5.56 Å². The molecule has 1 aliphatic heterocycles. The third-order valence-electron chi connectivity index (χ3n) is 3.67. The molecular weight excluding hydrogens is 331 g/mol. The summed E-state index contributed by atoms with van der Waals surface area (Å²) in [6.45, 7) is 1.80. The van der Waals surface area contributed by atoms with E-state index < -0.39 is 15.8 Å². The molecule has 0 bridgehead atoms. The van der Waals surface area contributed by atoms with Crippen molar-refractivity contribution in [3.05, 3.63) is 66.0 Å². The first-order chi connectivity index (χ1) is 11.6. The highest BCUT2D eigenvalue weighted by Gasteiger charge is 2.23. The molecule has 1 saturated heterocycles. The Morgan fingerprint density at radius 1 is 1.00 bits per heavy atom. The molecule has 1 fully saturated rings. The molecule has 2 aromatic carbocycles. The first-order valence-electron chi connectivity index (χ1n) is 7.55. The van der Waals surface area contributed by atoms with Gasteiger partial charge in [0.05, 0.1) is 23.7 Å². The molecule has 1 aliphatic rings. The SMILES string of the molecule is O=S(=O)(N=C(c1ccccc1F)N1CCOCC1)c1ccccc1. The highest BCUT2D eigenvalue weighted by Crippen LogP contribution is 2.18. The lowest BCUT2D eigenvalue weighted by Crippen LogP contribution is -2.42. The number of rotatable bonds is 3. The highest BCUT2D eigenvalue weighted by atomic mass is 32.2. The van der Waals surface area contributed by atoms with Crippen LogP contribution in [-0.4, -0.2) is 45.5 Å². The monoisotopic (exact) mass is 348 g/mol. The average Bonchev–Trinajstić information content (AvgIpc) is 2.62. The minimum Gasteiger partial charge on any atom is -0.378 e. The van der Waals surface area contributed by atoms with Crippen LogP contribution in [0.25, 0.3) is 0 Å². The van der Waals surface area contributed by atoms with Crippen molar-refractivity contribution in [2.75, 3.05) is 26.3 Å². The molecule has 7 heteroatoms. The summed E-state index contributed by atoms with van der Waals surface area (Å²) in [6.07, 6.45) is 0. The summed E-state index contributed by atoms with van der Waals surface area (Å²) in [5.41, 5.74) is 0.166. The van der Waals surface area contributed by atoms with Gasteiger partial charge in [-0.05, 0) is 24.3 Å². The normalized spacial score (nSPS) is 16.2. The van der Waals surface area contributed by atoms with Gasteiger partial charge in [0, 0.05) is 13.1 Å². The summed E-state index contributed by atoms with van der Waals surface area (Å²) >= 11 is 0. The zero-order valence-electron chi connectivity index (χ0n) is 12.9. The Kier molecular flexibility index (Phi) is 4.92. The maximum Gasteiger partial charge on any atom is 0.284 e. The Morgan fingerprint density at radius 3 is 2.29 bits per heavy atom. The fraction of sp³-hybridized carbons (Fsp3) is 0.235. The largest absolute Gasteiger partial charge is 0.378 e. The molecule has 0 atom stereocenters. The maximum atomic E-state index is 14.2. The minimum atomic E-state index is -3.93. The van der Waals surface area contributed by atoms with Gasteiger partial charge in [-0.25, -0.2) is 4.39 Å². The number of sulfonamides is 1. The van der Waals surface area contributed by atoms with Crippen molar-refractivity contribution >= 4 is 15.9 Å². The van der Waals surface area contributed by atoms with Crippen LogP contribution >= 0.6 is 0 Å². The molecule has 0 aliphatic carbocycles. The number of hydrogen-bond donors (Lipinski definition) is 0. The van der Waals surface area contributed by atoms with Crippen molar-refractivity contribution in [3.63, 3.8) is 0 Å². The summed E-state index contributed by atoms with van der Waals surface area (Å²) in [5, 5.41) is 0. The van der Waals surface area contributed by atoms with E-state index in [-0.39, 0.29) is 16.3 Å². The molecule has 126 valence electrons. The summed E-state index contributed by atoms with van der Waals surface area (Å²) in [4.78, 5) is 1.81. The number of ether oxygens (including phenoxy) is 1. The van der Waals surface area contributed by atoms with Gasteiger partial charge in [0.2, 0.25) is 0 Å². The van der Waals surface area contributed by atoms with Crippen LogP contribution in [0.4, 0.5) is 4.39 Å². The van der Waals surface area contributed by atoms with Crippen LogP contribution in [0.15, 0.2) is 63.9 Å². The maximum absolute atomic E-state index is 14.2. The van der Waals surface area contributed by atoms with Crippen LogP contribution in [0.3, 0.4) is 0 Å². The lowest BCUT2D eigenvalue weighted by Gasteiger charge is -2.29. The molecule has 0 saturated carbocycles. The van der Waals surface area contributed by atoms with E-state index in [2.05, 4.69) is 4.40 Å². The van der Waals surface area contributed by atoms with Crippen molar-refractivity contribution in [1.82, 2.24) is 4.90 Å². The van der Waals surface area contributed by atoms with Gasteiger partial charge in [0.15, 0.2) is 5.84 Å². The third-order valence-corrected chi connectivity index (χ3v) is 4.95. The third kappa shape index (κ3) is 3.63. The van der Waals surface area contributed by atoms with E-state index in [0.29, 0.717) is 26.3 Å². The molecular formula is C17H17FN2O3S. The second kappa shape index (κ2) is 7.11. The van der Waals surface area contributed by atoms with E-state index in [1.165, 1.54) is 24.3 Å². The lowest BCUT2D eigenvalue weighted by molar-refractivity contribution is 0.0683. The lowest BCUT2D eigenvalue weighted by atomic mass is 10.1. The Morgan fingerprint density at radius 2 is 1.62 bits per heavy atom. The first-order valence-corrected chi connectivity index (χ1v) is 8.99. The van der Waals surface area contributed by atoms with Gasteiger partial charge < -0.3 is 9.64 Å². The van der Waals surface area contributed by atoms with Crippen LogP contribution in [0.5, 0.6) is 0 Å². The molecule has 0 unspecified atom stereocenters. The quantitative estimate of drug-likeness (QED) is 0.631. The van der Waals surface area contributed by atoms with Gasteiger partial charge in [-0.2, -0.15) is 8.42 Å². The van der Waals surface area contributed by atoms with Gasteiger partial charge in [0.1, 0.15) is 5.82 Å². The molecule has 24 heavy (non-hydrogen) atoms. The van der Waals surface area contributed by atoms with Crippen LogP contribution in [0, 0.1) is 5.82 Å². The fourth-order valence-electron chi connectivity index (χ4n) is 2.45. The van der Waals surface area contributed by atoms with Gasteiger partial charge in [-0.15, -0.1) is 4.40 Å². The Labute approximate surface area is 140 Å². The van der Waals surface area contributed by atoms with E-state index in [0.717, 1.165) is 0 Å². The molecule has 1 heterocycles. The van der Waals surface area contributed by atoms with Crippen LogP contribution in [0.2, 0.25) is 0 Å². The summed E-state index contributed by atoms with van der Waals surface area (Å²) < 4.78 is 48.7. The second-order valence-corrected chi connectivity index (χ2v) is 6.89. The smallest absolute Gasteiger partial charge is 0.284 e. The zero-order chi connectivity index (χ0) is 17.0. The molecule has 2 aromatic rings. The van der Waals surface area contributed by atoms with Crippen molar-refractivity contribution in [3.8, 4) is 0 Å². The Balaban J connectivity index is 2.09. The predicted molar refractivity (Wildman–Crippen MR) is 89.0 cm³/mol. The van der Waals surface area contributed by atoms with Gasteiger partial charge in [-0.3, -0.25) is 0 Å². The molecule has 0 radical (unpaired) electrons. The molecule has 0 aromatic heterocycles. The number of hydrogen-bond acceptors (Lipinski definition) is 3. The molecule has 0 N–H and O–H groups in total. The average molecular weight is 348 g/mol. The minimum absolute atomic E-state index is 0.0760. The van der Waals surface area contributed by atoms with Gasteiger partial charge in [-0.1, -0.05) is 30.3 Å². The topological polar surface area (TPSA) is 59.0 Å². The van der Waals surface area contributed by atoms with Crippen molar-refractivity contribution < 1.29 is 17.5 Å². The van der Waals surface area contributed by atoms with Crippen molar-refractivity contribution in [2.45, 2.75) is 4.90 Å². The predicted octanol–water partition coefficient (Wildman–Crippen LogP) is 2.29. The van der Waals surface area contributed by atoms with Gasteiger partial charge in [0.25, 0.3) is 10.0 Å². The summed E-state index contributed by atoms with van der Waals surface area (Å²) in [5.74, 6) is -0.397. The van der Waals surface area contributed by atoms with Crippen molar-refractivity contribution in [2.24, 2.45) is 4.40 Å². The summed E-state index contributed by atoms with van der Waals surface area (Å²) in [6, 6.07) is 14.0. The van der Waals surface area contributed by atoms with E-state index >= 15 is 0 Å². The van der Waals surface area contributed by atoms with Gasteiger partial charge >= 0.3 is 0 Å². The van der Waals surface area contributed by atoms with E-state index in [1.54, 1.807) is 35.2 Å². The second-order valence-electron chi connectivity index (χ2n) is 5.28. The standard InChI is InChI=1S/C17H17FN2O3S/c18-16-9-5-4-8-15(16)17(20-10-12-23-13-11-20)19-24(21,22)14-6-2-1-3-7-14/h1-9H,10-13H2. The Bertz CT molecular complexity index is 832. The summed E-state index contributed by atoms with van der Waals surface area (Å²) in [7, 11) is -3.93. The molecule has 0 spiro atoms. The highest BCUT2D eigenvalue weighted by molar-refractivity contribution is 7.90. The van der Waals surface area contributed by atoms with E-state index in [4.69, 9.17) is 4.74 Å².